The standard InChI is InChI=1S/C21H41N7O7/c1-21(32)7-33-19(15(31)18(21)26-2)35-17-12(27-8-29)5-10(23)13(14(17)30)16-11(28-20(24)25)4-3-9(6-22)34-16/h3,8,10-20,26,28,30-32H,4-7,22-25H2,1-2H3,(H,27,29)/t10-,11+,12+,13?,14-,15+,16-,17-,18+,19+,21-/m0/s1. The van der Waals surface area contributed by atoms with Gasteiger partial charge < -0.3 is 63.1 Å². The predicted octanol–water partition coefficient (Wildman–Crippen LogP) is -4.96. The van der Waals surface area contributed by atoms with Gasteiger partial charge in [0.25, 0.3) is 0 Å². The Morgan fingerprint density at radius 3 is 2.63 bits per heavy atom. The Balaban J connectivity index is 1.86. The second-order valence-corrected chi connectivity index (χ2v) is 9.74. The fourth-order valence-electron chi connectivity index (χ4n) is 5.46. The van der Waals surface area contributed by atoms with E-state index in [1.807, 2.05) is 6.08 Å². The van der Waals surface area contributed by atoms with Crippen LogP contribution in [0, 0.1) is 5.92 Å². The van der Waals surface area contributed by atoms with Gasteiger partial charge in [-0.1, -0.05) is 0 Å². The molecule has 202 valence electrons. The quantitative estimate of drug-likeness (QED) is 0.105. The molecule has 1 aliphatic carbocycles. The largest absolute Gasteiger partial charge is 0.492 e. The Hall–Kier alpha value is -1.43. The average Bonchev–Trinajstić information content (AvgIpc) is 2.78. The van der Waals surface area contributed by atoms with Crippen LogP contribution in [0.3, 0.4) is 0 Å². The predicted molar refractivity (Wildman–Crippen MR) is 125 cm³/mol. The first-order valence-corrected chi connectivity index (χ1v) is 11.8. The number of ether oxygens (including phenoxy) is 3. The van der Waals surface area contributed by atoms with Crippen molar-refractivity contribution in [2.75, 3.05) is 20.2 Å². The summed E-state index contributed by atoms with van der Waals surface area (Å²) in [6.07, 6.45) is -3.07. The lowest BCUT2D eigenvalue weighted by atomic mass is 9.72. The van der Waals surface area contributed by atoms with Gasteiger partial charge in [0.05, 0.1) is 37.4 Å². The van der Waals surface area contributed by atoms with Crippen LogP contribution < -0.4 is 38.9 Å². The molecule has 1 unspecified atom stereocenters. The van der Waals surface area contributed by atoms with Crippen molar-refractivity contribution in [3.8, 4) is 0 Å². The van der Waals surface area contributed by atoms with Crippen LogP contribution in [0.4, 0.5) is 0 Å². The number of amides is 1. The molecule has 0 aromatic heterocycles. The number of aliphatic hydroxyl groups excluding tert-OH is 2. The van der Waals surface area contributed by atoms with E-state index in [0.717, 1.165) is 0 Å². The Kier molecular flexibility index (Phi) is 9.45. The summed E-state index contributed by atoms with van der Waals surface area (Å²) in [4.78, 5) is 11.3. The Bertz CT molecular complexity index is 743. The minimum Gasteiger partial charge on any atom is -0.492 e. The highest BCUT2D eigenvalue weighted by atomic mass is 16.7. The van der Waals surface area contributed by atoms with Crippen LogP contribution in [0.15, 0.2) is 11.8 Å². The van der Waals surface area contributed by atoms with E-state index in [1.54, 1.807) is 7.05 Å². The lowest BCUT2D eigenvalue weighted by molar-refractivity contribution is -0.297. The number of hydrogen-bond donors (Lipinski definition) is 10. The molecule has 35 heavy (non-hydrogen) atoms. The van der Waals surface area contributed by atoms with Crippen LogP contribution in [0.2, 0.25) is 0 Å². The summed E-state index contributed by atoms with van der Waals surface area (Å²) in [7, 11) is 1.60. The van der Waals surface area contributed by atoms with E-state index in [-0.39, 0.29) is 25.6 Å². The normalized spacial score (nSPS) is 44.5. The van der Waals surface area contributed by atoms with Gasteiger partial charge in [0, 0.05) is 12.0 Å². The third kappa shape index (κ3) is 6.11. The van der Waals surface area contributed by atoms with Crippen LogP contribution >= 0.6 is 0 Å². The van der Waals surface area contributed by atoms with Crippen molar-refractivity contribution in [3.63, 3.8) is 0 Å². The van der Waals surface area contributed by atoms with Crippen molar-refractivity contribution in [2.45, 2.75) is 86.5 Å². The van der Waals surface area contributed by atoms with E-state index in [1.165, 1.54) is 6.92 Å². The van der Waals surface area contributed by atoms with Gasteiger partial charge in [-0.15, -0.1) is 0 Å². The minimum absolute atomic E-state index is 0.117. The van der Waals surface area contributed by atoms with Crippen molar-refractivity contribution in [2.24, 2.45) is 28.9 Å². The second kappa shape index (κ2) is 11.7. The first-order chi connectivity index (χ1) is 16.5. The van der Waals surface area contributed by atoms with E-state index in [2.05, 4.69) is 16.0 Å². The van der Waals surface area contributed by atoms with Crippen LogP contribution in [-0.4, -0.2) is 109 Å². The average molecular weight is 504 g/mol. The lowest BCUT2D eigenvalue weighted by Crippen LogP contribution is -2.69. The topological polar surface area (TPSA) is 246 Å². The van der Waals surface area contributed by atoms with Gasteiger partial charge in [0.1, 0.15) is 36.0 Å². The molecule has 0 aromatic carbocycles. The molecule has 0 bridgehead atoms. The van der Waals surface area contributed by atoms with E-state index < -0.39 is 66.6 Å². The van der Waals surface area contributed by atoms with Crippen molar-refractivity contribution in [3.05, 3.63) is 11.8 Å². The van der Waals surface area contributed by atoms with Gasteiger partial charge in [-0.2, -0.15) is 0 Å². The number of nitrogens with one attached hydrogen (secondary N) is 3. The second-order valence-electron chi connectivity index (χ2n) is 9.74. The molecular formula is C21H41N7O7. The molecule has 2 heterocycles. The van der Waals surface area contributed by atoms with E-state index in [0.29, 0.717) is 18.6 Å². The maximum absolute atomic E-state index is 11.5. The number of hydrogen-bond acceptors (Lipinski definition) is 13. The molecule has 14 heteroatoms. The SMILES string of the molecule is CN[C@@H]1[C@@H](O)[C@@H](O[C@H]2[C@H](NC=O)C[C@H](N)C([C@H]3OC(CN)=CC[C@H]3NC(N)N)[C@@H]2O)OC[C@]1(C)O. The van der Waals surface area contributed by atoms with Crippen LogP contribution in [0.1, 0.15) is 19.8 Å². The molecule has 0 aromatic rings. The third-order valence-electron chi connectivity index (χ3n) is 7.13. The van der Waals surface area contributed by atoms with Gasteiger partial charge >= 0.3 is 0 Å². The van der Waals surface area contributed by atoms with E-state index in [9.17, 15) is 20.1 Å². The van der Waals surface area contributed by atoms with Crippen LogP contribution in [0.5, 0.6) is 0 Å². The third-order valence-corrected chi connectivity index (χ3v) is 7.13. The fourth-order valence-corrected chi connectivity index (χ4v) is 5.46. The number of nitrogens with two attached hydrogens (primary N) is 4. The van der Waals surface area contributed by atoms with Gasteiger partial charge in [0.2, 0.25) is 6.41 Å². The highest BCUT2D eigenvalue weighted by Crippen LogP contribution is 2.36. The number of aliphatic hydroxyl groups is 3. The maximum Gasteiger partial charge on any atom is 0.207 e. The van der Waals surface area contributed by atoms with Gasteiger partial charge in [-0.3, -0.25) is 10.1 Å². The van der Waals surface area contributed by atoms with Gasteiger partial charge in [-0.25, -0.2) is 0 Å². The van der Waals surface area contributed by atoms with Crippen molar-refractivity contribution in [1.82, 2.24) is 16.0 Å². The van der Waals surface area contributed by atoms with Crippen molar-refractivity contribution in [1.29, 1.82) is 0 Å². The highest BCUT2D eigenvalue weighted by molar-refractivity contribution is 5.47. The van der Waals surface area contributed by atoms with Crippen LogP contribution in [-0.2, 0) is 19.0 Å². The van der Waals surface area contributed by atoms with Gasteiger partial charge in [-0.05, 0) is 32.9 Å². The molecule has 1 saturated carbocycles. The Labute approximate surface area is 204 Å². The molecule has 1 saturated heterocycles. The summed E-state index contributed by atoms with van der Waals surface area (Å²) in [5, 5.41) is 41.4. The summed E-state index contributed by atoms with van der Waals surface area (Å²) in [6.45, 7) is 1.58. The Morgan fingerprint density at radius 1 is 1.31 bits per heavy atom. The van der Waals surface area contributed by atoms with Crippen molar-refractivity contribution < 1.29 is 34.3 Å². The fraction of sp³-hybridized carbons (Fsp3) is 0.857. The molecule has 3 rings (SSSR count). The van der Waals surface area contributed by atoms with Gasteiger partial charge in [0.15, 0.2) is 6.29 Å². The summed E-state index contributed by atoms with van der Waals surface area (Å²) in [6, 6.07) is -2.38. The van der Waals surface area contributed by atoms with E-state index >= 15 is 0 Å². The first-order valence-electron chi connectivity index (χ1n) is 11.8. The zero-order valence-corrected chi connectivity index (χ0v) is 20.1. The molecule has 1 amide bonds. The van der Waals surface area contributed by atoms with E-state index in [4.69, 9.17) is 37.1 Å². The number of carbonyl (C=O) groups is 1. The molecular weight excluding hydrogens is 462 g/mol. The zero-order chi connectivity index (χ0) is 25.9. The minimum atomic E-state index is -1.34. The number of likely N-dealkylation sites (N-methyl/N-ethyl adjacent to an activating group) is 1. The maximum atomic E-state index is 11.5. The zero-order valence-electron chi connectivity index (χ0n) is 20.1. The molecule has 14 nitrogen and oxygen atoms in total. The molecule has 3 aliphatic rings. The first kappa shape index (κ1) is 28.1. The summed E-state index contributed by atoms with van der Waals surface area (Å²) < 4.78 is 17.8. The Morgan fingerprint density at radius 2 is 2.03 bits per heavy atom. The molecule has 0 radical (unpaired) electrons. The van der Waals surface area contributed by atoms with Crippen molar-refractivity contribution >= 4 is 6.41 Å². The molecule has 2 aliphatic heterocycles. The highest BCUT2D eigenvalue weighted by Gasteiger charge is 2.53. The summed E-state index contributed by atoms with van der Waals surface area (Å²) in [5.74, 6) is -0.117. The summed E-state index contributed by atoms with van der Waals surface area (Å²) in [5.41, 5.74) is 22.4. The monoisotopic (exact) mass is 503 g/mol. The summed E-state index contributed by atoms with van der Waals surface area (Å²) >= 11 is 0. The number of rotatable bonds is 9. The molecule has 14 N–H and O–H groups in total. The number of carbonyl (C=O) groups excluding carboxylic acids is 1. The smallest absolute Gasteiger partial charge is 0.207 e. The molecule has 2 fully saturated rings. The van der Waals surface area contributed by atoms with Crippen LogP contribution in [0.25, 0.3) is 0 Å². The lowest BCUT2D eigenvalue weighted by Gasteiger charge is -2.50. The molecule has 0 spiro atoms. The molecule has 11 atom stereocenters.